The number of aryl methyl sites for hydroxylation is 1. The van der Waals surface area contributed by atoms with Gasteiger partial charge in [0.05, 0.1) is 9.26 Å². The third-order valence-corrected chi connectivity index (χ3v) is 3.57. The predicted molar refractivity (Wildman–Crippen MR) is 56.3 cm³/mol. The Kier molecular flexibility index (Phi) is 3.39. The van der Waals surface area contributed by atoms with Crippen molar-refractivity contribution in [3.8, 4) is 0 Å². The van der Waals surface area contributed by atoms with Crippen LogP contribution in [0.1, 0.15) is 5.69 Å². The highest BCUT2D eigenvalue weighted by molar-refractivity contribution is 14.1. The summed E-state index contributed by atoms with van der Waals surface area (Å²) in [6, 6.07) is 0. The summed E-state index contributed by atoms with van der Waals surface area (Å²) in [7, 11) is 0. The van der Waals surface area contributed by atoms with Crippen LogP contribution in [0.4, 0.5) is 0 Å². The van der Waals surface area contributed by atoms with E-state index >= 15 is 0 Å². The number of hydrogen-bond acceptors (Lipinski definition) is 3. The Morgan fingerprint density at radius 2 is 2.09 bits per heavy atom. The molecule has 0 unspecified atom stereocenters. The van der Waals surface area contributed by atoms with Gasteiger partial charge >= 0.3 is 0 Å². The zero-order valence-corrected chi connectivity index (χ0v) is 9.79. The molecule has 0 aromatic carbocycles. The lowest BCUT2D eigenvalue weighted by molar-refractivity contribution is 0.924. The molecule has 1 rings (SSSR count). The number of aromatic nitrogens is 2. The first-order chi connectivity index (χ1) is 5.15. The molecule has 0 saturated carbocycles. The van der Waals surface area contributed by atoms with Crippen LogP contribution in [-0.4, -0.2) is 16.2 Å². The first kappa shape index (κ1) is 9.54. The highest BCUT2D eigenvalue weighted by atomic mass is 127. The SMILES string of the molecule is CSc1nc(C)c(I)c(Cl)n1. The first-order valence-corrected chi connectivity index (χ1v) is 5.57. The topological polar surface area (TPSA) is 25.8 Å². The molecule has 0 aliphatic carbocycles. The number of nitrogens with zero attached hydrogens (tertiary/aromatic N) is 2. The minimum absolute atomic E-state index is 0.544. The van der Waals surface area contributed by atoms with Crippen LogP contribution in [0, 0.1) is 10.5 Å². The Morgan fingerprint density at radius 3 is 2.55 bits per heavy atom. The quantitative estimate of drug-likeness (QED) is 0.345. The van der Waals surface area contributed by atoms with Crippen molar-refractivity contribution in [3.05, 3.63) is 14.4 Å². The van der Waals surface area contributed by atoms with E-state index in [9.17, 15) is 0 Å². The highest BCUT2D eigenvalue weighted by Gasteiger charge is 2.05. The van der Waals surface area contributed by atoms with Gasteiger partial charge in [-0.1, -0.05) is 23.4 Å². The van der Waals surface area contributed by atoms with Crippen LogP contribution in [0.25, 0.3) is 0 Å². The van der Waals surface area contributed by atoms with Gasteiger partial charge in [0, 0.05) is 0 Å². The van der Waals surface area contributed by atoms with E-state index in [0.29, 0.717) is 5.15 Å². The molecule has 0 N–H and O–H groups in total. The fraction of sp³-hybridized carbons (Fsp3) is 0.333. The van der Waals surface area contributed by atoms with Crippen LogP contribution >= 0.6 is 46.0 Å². The van der Waals surface area contributed by atoms with Crippen LogP contribution in [0.15, 0.2) is 5.16 Å². The average Bonchev–Trinajstić information content (AvgIpc) is 1.99. The van der Waals surface area contributed by atoms with E-state index in [0.717, 1.165) is 14.4 Å². The second-order valence-electron chi connectivity index (χ2n) is 1.90. The molecule has 0 spiro atoms. The average molecular weight is 301 g/mol. The molecule has 1 heterocycles. The smallest absolute Gasteiger partial charge is 0.188 e. The fourth-order valence-electron chi connectivity index (χ4n) is 0.591. The molecule has 0 aliphatic heterocycles. The molecule has 0 atom stereocenters. The van der Waals surface area contributed by atoms with Crippen molar-refractivity contribution in [2.45, 2.75) is 12.1 Å². The van der Waals surface area contributed by atoms with Crippen molar-refractivity contribution >= 4 is 46.0 Å². The van der Waals surface area contributed by atoms with E-state index in [1.54, 1.807) is 0 Å². The minimum Gasteiger partial charge on any atom is -0.227 e. The molecule has 60 valence electrons. The van der Waals surface area contributed by atoms with Gasteiger partial charge in [-0.25, -0.2) is 9.97 Å². The van der Waals surface area contributed by atoms with Crippen LogP contribution < -0.4 is 0 Å². The van der Waals surface area contributed by atoms with E-state index in [4.69, 9.17) is 11.6 Å². The molecule has 0 radical (unpaired) electrons. The van der Waals surface area contributed by atoms with Crippen LogP contribution in [0.3, 0.4) is 0 Å². The van der Waals surface area contributed by atoms with Gasteiger partial charge in [0.2, 0.25) is 0 Å². The summed E-state index contributed by atoms with van der Waals surface area (Å²) >= 11 is 9.46. The zero-order chi connectivity index (χ0) is 8.43. The van der Waals surface area contributed by atoms with Gasteiger partial charge in [-0.3, -0.25) is 0 Å². The lowest BCUT2D eigenvalue weighted by atomic mass is 10.5. The molecule has 0 bridgehead atoms. The maximum atomic E-state index is 5.83. The largest absolute Gasteiger partial charge is 0.227 e. The third kappa shape index (κ3) is 2.19. The van der Waals surface area contributed by atoms with Gasteiger partial charge in [-0.2, -0.15) is 0 Å². The van der Waals surface area contributed by atoms with E-state index in [1.807, 2.05) is 13.2 Å². The predicted octanol–water partition coefficient (Wildman–Crippen LogP) is 2.76. The van der Waals surface area contributed by atoms with E-state index in [2.05, 4.69) is 32.6 Å². The van der Waals surface area contributed by atoms with Crippen LogP contribution in [0.5, 0.6) is 0 Å². The summed E-state index contributed by atoms with van der Waals surface area (Å²) in [4.78, 5) is 8.27. The number of thioether (sulfide) groups is 1. The molecule has 0 fully saturated rings. The van der Waals surface area contributed by atoms with Crippen LogP contribution in [0.2, 0.25) is 5.15 Å². The third-order valence-electron chi connectivity index (χ3n) is 1.14. The van der Waals surface area contributed by atoms with Crippen molar-refractivity contribution in [1.29, 1.82) is 0 Å². The Labute approximate surface area is 88.3 Å². The Balaban J connectivity index is 3.21. The maximum absolute atomic E-state index is 5.83. The summed E-state index contributed by atoms with van der Waals surface area (Å²) in [5, 5.41) is 1.27. The van der Waals surface area contributed by atoms with Gasteiger partial charge in [-0.15, -0.1) is 0 Å². The van der Waals surface area contributed by atoms with Gasteiger partial charge in [0.1, 0.15) is 5.15 Å². The van der Waals surface area contributed by atoms with Gasteiger partial charge < -0.3 is 0 Å². The molecular weight excluding hydrogens is 295 g/mol. The van der Waals surface area contributed by atoms with Gasteiger partial charge in [0.15, 0.2) is 5.16 Å². The molecule has 5 heteroatoms. The molecule has 0 amide bonds. The Bertz CT molecular complexity index is 256. The summed E-state index contributed by atoms with van der Waals surface area (Å²) < 4.78 is 0.932. The second kappa shape index (κ2) is 3.91. The van der Waals surface area contributed by atoms with E-state index in [-0.39, 0.29) is 0 Å². The van der Waals surface area contributed by atoms with Crippen molar-refractivity contribution < 1.29 is 0 Å². The molecule has 0 aliphatic rings. The minimum atomic E-state index is 0.544. The molecule has 11 heavy (non-hydrogen) atoms. The van der Waals surface area contributed by atoms with Gasteiger partial charge in [0.25, 0.3) is 0 Å². The fourth-order valence-corrected chi connectivity index (χ4v) is 1.51. The number of rotatable bonds is 1. The van der Waals surface area contributed by atoms with Crippen molar-refractivity contribution in [2.75, 3.05) is 6.26 Å². The van der Waals surface area contributed by atoms with Crippen molar-refractivity contribution in [2.24, 2.45) is 0 Å². The van der Waals surface area contributed by atoms with E-state index in [1.165, 1.54) is 11.8 Å². The van der Waals surface area contributed by atoms with Crippen LogP contribution in [-0.2, 0) is 0 Å². The molecule has 1 aromatic rings. The normalized spacial score (nSPS) is 10.2. The first-order valence-electron chi connectivity index (χ1n) is 2.88. The molecule has 0 saturated heterocycles. The number of hydrogen-bond donors (Lipinski definition) is 0. The van der Waals surface area contributed by atoms with E-state index < -0.39 is 0 Å². The summed E-state index contributed by atoms with van der Waals surface area (Å²) in [5.74, 6) is 0. The lowest BCUT2D eigenvalue weighted by Crippen LogP contribution is -1.94. The second-order valence-corrected chi connectivity index (χ2v) is 4.11. The lowest BCUT2D eigenvalue weighted by Gasteiger charge is -2.00. The summed E-state index contributed by atoms with van der Waals surface area (Å²) in [6.45, 7) is 1.93. The monoisotopic (exact) mass is 300 g/mol. The zero-order valence-electron chi connectivity index (χ0n) is 6.06. The standard InChI is InChI=1S/C6H6ClIN2S/c1-3-4(8)5(7)10-6(9-3)11-2/h1-2H3. The maximum Gasteiger partial charge on any atom is 0.188 e. The molecular formula is C6H6ClIN2S. The Hall–Kier alpha value is 0.450. The highest BCUT2D eigenvalue weighted by Crippen LogP contribution is 2.21. The molecule has 2 nitrogen and oxygen atoms in total. The van der Waals surface area contributed by atoms with Gasteiger partial charge in [-0.05, 0) is 35.8 Å². The Morgan fingerprint density at radius 1 is 1.45 bits per heavy atom. The van der Waals surface area contributed by atoms with Crippen molar-refractivity contribution in [1.82, 2.24) is 9.97 Å². The summed E-state index contributed by atoms with van der Waals surface area (Å²) in [5.41, 5.74) is 0.940. The van der Waals surface area contributed by atoms with Crippen molar-refractivity contribution in [3.63, 3.8) is 0 Å². The number of halogens is 2. The summed E-state index contributed by atoms with van der Waals surface area (Å²) in [6.07, 6.45) is 1.93. The molecule has 1 aromatic heterocycles.